The molecule has 10 heteroatoms. The van der Waals surface area contributed by atoms with E-state index in [0.29, 0.717) is 6.20 Å². The van der Waals surface area contributed by atoms with Crippen molar-refractivity contribution >= 4 is 38.5 Å². The summed E-state index contributed by atoms with van der Waals surface area (Å²) in [5, 5.41) is -0.183. The van der Waals surface area contributed by atoms with Crippen molar-refractivity contribution in [2.24, 2.45) is 0 Å². The van der Waals surface area contributed by atoms with Gasteiger partial charge in [0.15, 0.2) is 0 Å². The van der Waals surface area contributed by atoms with E-state index in [0.717, 1.165) is 22.6 Å². The number of halogens is 8. The Morgan fingerprint density at radius 2 is 1.78 bits per heavy atom. The summed E-state index contributed by atoms with van der Waals surface area (Å²) in [6.45, 7) is 0. The minimum absolute atomic E-state index is 0.183. The first-order chi connectivity index (χ1) is 8.06. The lowest BCUT2D eigenvalue weighted by Gasteiger charge is -2.16. The Bertz CT molecular complexity index is 446. The molecule has 1 aromatic rings. The molecule has 0 saturated heterocycles. The van der Waals surface area contributed by atoms with Gasteiger partial charge < -0.3 is 4.74 Å². The molecule has 0 saturated carbocycles. The van der Waals surface area contributed by atoms with Gasteiger partial charge in [0.25, 0.3) is 0 Å². The molecule has 1 aromatic heterocycles. The number of nitrogens with zero attached hydrogens (tertiary/aromatic N) is 1. The first-order valence-electron chi connectivity index (χ1n) is 4.12. The molecule has 0 amide bonds. The van der Waals surface area contributed by atoms with Crippen molar-refractivity contribution < 1.29 is 31.1 Å². The summed E-state index contributed by atoms with van der Waals surface area (Å²) in [5.41, 5.74) is -1.45. The molecule has 2 nitrogen and oxygen atoms in total. The highest BCUT2D eigenvalue weighted by Gasteiger charge is 2.40. The highest BCUT2D eigenvalue weighted by Crippen LogP contribution is 2.40. The van der Waals surface area contributed by atoms with Gasteiger partial charge in [-0.1, -0.05) is 15.9 Å². The van der Waals surface area contributed by atoms with Gasteiger partial charge in [-0.25, -0.2) is 4.98 Å². The van der Waals surface area contributed by atoms with Crippen LogP contribution in [0.4, 0.5) is 26.3 Å². The van der Waals surface area contributed by atoms with Crippen molar-refractivity contribution in [1.82, 2.24) is 4.98 Å². The summed E-state index contributed by atoms with van der Waals surface area (Å²) >= 11 is 3.94. The van der Waals surface area contributed by atoms with Crippen LogP contribution in [-0.2, 0) is 11.5 Å². The molecule has 0 aliphatic rings. The fraction of sp³-hybridized carbons (Fsp3) is 0.375. The van der Waals surface area contributed by atoms with Crippen LogP contribution in [0.2, 0.25) is 0 Å². The highest BCUT2D eigenvalue weighted by atomic mass is 127. The SMILES string of the molecule is FC(F)(F)Oc1ncc(CBr)c(C(F)(F)F)c1I. The summed E-state index contributed by atoms with van der Waals surface area (Å²) in [4.78, 5) is 3.23. The monoisotopic (exact) mass is 449 g/mol. The summed E-state index contributed by atoms with van der Waals surface area (Å²) in [6, 6.07) is 0. The number of hydrogen-bond acceptors (Lipinski definition) is 2. The molecule has 0 unspecified atom stereocenters. The largest absolute Gasteiger partial charge is 0.574 e. The number of pyridine rings is 1. The van der Waals surface area contributed by atoms with Gasteiger partial charge >= 0.3 is 12.5 Å². The maximum absolute atomic E-state index is 12.7. The van der Waals surface area contributed by atoms with Crippen molar-refractivity contribution in [1.29, 1.82) is 0 Å². The Morgan fingerprint density at radius 3 is 2.17 bits per heavy atom. The number of aromatic nitrogens is 1. The van der Waals surface area contributed by atoms with Crippen LogP contribution in [-0.4, -0.2) is 11.3 Å². The highest BCUT2D eigenvalue weighted by molar-refractivity contribution is 14.1. The van der Waals surface area contributed by atoms with Gasteiger partial charge in [0.1, 0.15) is 0 Å². The lowest BCUT2D eigenvalue weighted by Crippen LogP contribution is -2.21. The quantitative estimate of drug-likeness (QED) is 0.377. The molecule has 0 atom stereocenters. The minimum Gasteiger partial charge on any atom is -0.387 e. The van der Waals surface area contributed by atoms with Crippen LogP contribution in [0, 0.1) is 3.57 Å². The van der Waals surface area contributed by atoms with Crippen LogP contribution in [0.1, 0.15) is 11.1 Å². The molecule has 0 radical (unpaired) electrons. The predicted octanol–water partition coefficient (Wildman–Crippen LogP) is 4.50. The van der Waals surface area contributed by atoms with Crippen LogP contribution in [0.3, 0.4) is 0 Å². The van der Waals surface area contributed by atoms with Crippen LogP contribution in [0.15, 0.2) is 6.20 Å². The minimum atomic E-state index is -5.09. The second-order valence-electron chi connectivity index (χ2n) is 2.96. The molecule has 0 spiro atoms. The Kier molecular flexibility index (Phi) is 4.73. The lowest BCUT2D eigenvalue weighted by molar-refractivity contribution is -0.276. The number of alkyl halides is 7. The average molecular weight is 450 g/mol. The van der Waals surface area contributed by atoms with Gasteiger partial charge in [-0.15, -0.1) is 13.2 Å². The number of hydrogen-bond donors (Lipinski definition) is 0. The molecule has 1 rings (SSSR count). The van der Waals surface area contributed by atoms with E-state index in [1.807, 2.05) is 0 Å². The molecule has 0 bridgehead atoms. The van der Waals surface area contributed by atoms with Crippen LogP contribution in [0.5, 0.6) is 5.88 Å². The van der Waals surface area contributed by atoms with E-state index in [1.54, 1.807) is 0 Å². The van der Waals surface area contributed by atoms with Crippen LogP contribution in [0.25, 0.3) is 0 Å². The first kappa shape index (κ1) is 15.8. The molecular formula is C8H3BrF6INO. The number of ether oxygens (including phenoxy) is 1. The standard InChI is InChI=1S/C8H3BrF6INO/c9-1-3-2-17-6(18-8(13,14)15)5(16)4(3)7(10,11)12/h2H,1H2. The van der Waals surface area contributed by atoms with E-state index in [-0.39, 0.29) is 10.9 Å². The Balaban J connectivity index is 3.35. The van der Waals surface area contributed by atoms with Gasteiger partial charge in [0, 0.05) is 11.5 Å². The van der Waals surface area contributed by atoms with Gasteiger partial charge in [0.2, 0.25) is 5.88 Å². The van der Waals surface area contributed by atoms with E-state index in [2.05, 4.69) is 25.7 Å². The van der Waals surface area contributed by atoms with E-state index < -0.39 is 27.6 Å². The van der Waals surface area contributed by atoms with Crippen LogP contribution < -0.4 is 4.74 Å². The molecule has 0 N–H and O–H groups in total. The van der Waals surface area contributed by atoms with Gasteiger partial charge in [-0.3, -0.25) is 0 Å². The molecule has 0 aliphatic heterocycles. The van der Waals surface area contributed by atoms with Crippen molar-refractivity contribution in [2.75, 3.05) is 0 Å². The molecule has 1 heterocycles. The van der Waals surface area contributed by atoms with E-state index >= 15 is 0 Å². The maximum atomic E-state index is 12.7. The third kappa shape index (κ3) is 3.87. The molecule has 0 aliphatic carbocycles. The molecular weight excluding hydrogens is 447 g/mol. The zero-order valence-electron chi connectivity index (χ0n) is 8.16. The predicted molar refractivity (Wildman–Crippen MR) is 61.3 cm³/mol. The summed E-state index contributed by atoms with van der Waals surface area (Å²) in [6.07, 6.45) is -9.18. The van der Waals surface area contributed by atoms with Crippen molar-refractivity contribution in [3.05, 3.63) is 20.9 Å². The average Bonchev–Trinajstić information content (AvgIpc) is 2.16. The van der Waals surface area contributed by atoms with E-state index in [1.165, 1.54) is 0 Å². The molecule has 18 heavy (non-hydrogen) atoms. The van der Waals surface area contributed by atoms with E-state index in [4.69, 9.17) is 0 Å². The van der Waals surface area contributed by atoms with Gasteiger partial charge in [-0.05, 0) is 28.2 Å². The Labute approximate surface area is 119 Å². The van der Waals surface area contributed by atoms with Crippen molar-refractivity contribution in [3.8, 4) is 5.88 Å². The van der Waals surface area contributed by atoms with E-state index in [9.17, 15) is 26.3 Å². The lowest BCUT2D eigenvalue weighted by atomic mass is 10.1. The molecule has 0 fully saturated rings. The fourth-order valence-corrected chi connectivity index (χ4v) is 2.42. The third-order valence-electron chi connectivity index (χ3n) is 1.71. The second kappa shape index (κ2) is 5.39. The number of rotatable bonds is 2. The third-order valence-corrected chi connectivity index (χ3v) is 3.31. The topological polar surface area (TPSA) is 22.1 Å². The van der Waals surface area contributed by atoms with Gasteiger partial charge in [0.05, 0.1) is 9.13 Å². The van der Waals surface area contributed by atoms with Gasteiger partial charge in [-0.2, -0.15) is 13.2 Å². The molecule has 102 valence electrons. The summed E-state index contributed by atoms with van der Waals surface area (Å²) < 4.78 is 76.8. The summed E-state index contributed by atoms with van der Waals surface area (Å²) in [5.74, 6) is -1.11. The fourth-order valence-electron chi connectivity index (χ4n) is 1.09. The second-order valence-corrected chi connectivity index (χ2v) is 4.60. The first-order valence-corrected chi connectivity index (χ1v) is 6.32. The zero-order valence-corrected chi connectivity index (χ0v) is 11.9. The van der Waals surface area contributed by atoms with Crippen molar-refractivity contribution in [2.45, 2.75) is 17.9 Å². The maximum Gasteiger partial charge on any atom is 0.574 e. The Morgan fingerprint density at radius 1 is 1.22 bits per heavy atom. The Hall–Kier alpha value is -0.260. The smallest absolute Gasteiger partial charge is 0.387 e. The van der Waals surface area contributed by atoms with Crippen molar-refractivity contribution in [3.63, 3.8) is 0 Å². The zero-order chi connectivity index (χ0) is 14.1. The van der Waals surface area contributed by atoms with Crippen LogP contribution >= 0.6 is 38.5 Å². The normalized spacial score (nSPS) is 12.7. The molecule has 0 aromatic carbocycles. The summed E-state index contributed by atoms with van der Waals surface area (Å²) in [7, 11) is 0.